The van der Waals surface area contributed by atoms with Gasteiger partial charge < -0.3 is 0 Å². The van der Waals surface area contributed by atoms with Gasteiger partial charge in [-0.15, -0.1) is 0 Å². The first-order chi connectivity index (χ1) is 7.13. The molecule has 0 spiro atoms. The molecule has 0 unspecified atom stereocenters. The van der Waals surface area contributed by atoms with Gasteiger partial charge >= 0.3 is 0 Å². The molecule has 0 radical (unpaired) electrons. The Kier molecular flexibility index (Phi) is 4.01. The van der Waals surface area contributed by atoms with Crippen molar-refractivity contribution in [2.45, 2.75) is 0 Å². The minimum atomic E-state index is -0.611. The van der Waals surface area contributed by atoms with Crippen LogP contribution in [0.5, 0.6) is 0 Å². The summed E-state index contributed by atoms with van der Waals surface area (Å²) in [4.78, 5) is 21.9. The molecular formula is C12H9ClO2. The topological polar surface area (TPSA) is 34.1 Å². The SMILES string of the molecule is C=CC(=O)C(=O)C=Cc1ccc(Cl)cc1. The number of hydrogen-bond acceptors (Lipinski definition) is 2. The Morgan fingerprint density at radius 1 is 1.13 bits per heavy atom. The molecule has 0 saturated heterocycles. The molecule has 3 heteroatoms. The van der Waals surface area contributed by atoms with Crippen molar-refractivity contribution in [2.24, 2.45) is 0 Å². The summed E-state index contributed by atoms with van der Waals surface area (Å²) in [6.07, 6.45) is 3.77. The molecule has 0 amide bonds. The number of rotatable bonds is 4. The average Bonchev–Trinajstić information content (AvgIpc) is 2.26. The van der Waals surface area contributed by atoms with E-state index < -0.39 is 11.6 Å². The van der Waals surface area contributed by atoms with Gasteiger partial charge in [0.1, 0.15) is 0 Å². The first-order valence-electron chi connectivity index (χ1n) is 4.28. The monoisotopic (exact) mass is 220 g/mol. The molecule has 76 valence electrons. The fraction of sp³-hybridized carbons (Fsp3) is 0. The van der Waals surface area contributed by atoms with Crippen molar-refractivity contribution in [1.82, 2.24) is 0 Å². The summed E-state index contributed by atoms with van der Waals surface area (Å²) >= 11 is 5.69. The minimum Gasteiger partial charge on any atom is -0.286 e. The normalized spacial score (nSPS) is 10.2. The molecule has 0 fully saturated rings. The van der Waals surface area contributed by atoms with E-state index in [0.29, 0.717) is 5.02 Å². The van der Waals surface area contributed by atoms with Crippen molar-refractivity contribution in [3.8, 4) is 0 Å². The molecule has 0 aliphatic carbocycles. The summed E-state index contributed by atoms with van der Waals surface area (Å²) in [6.45, 7) is 3.23. The summed E-state index contributed by atoms with van der Waals surface area (Å²) in [6, 6.07) is 6.93. The van der Waals surface area contributed by atoms with Crippen molar-refractivity contribution >= 4 is 29.2 Å². The zero-order valence-electron chi connectivity index (χ0n) is 7.94. The molecule has 0 saturated carbocycles. The minimum absolute atomic E-state index is 0.583. The van der Waals surface area contributed by atoms with Gasteiger partial charge in [0.2, 0.25) is 11.6 Å². The summed E-state index contributed by atoms with van der Waals surface area (Å²) in [5.41, 5.74) is 0.810. The molecule has 0 aliphatic rings. The van der Waals surface area contributed by atoms with Crippen LogP contribution in [-0.4, -0.2) is 11.6 Å². The molecule has 0 aliphatic heterocycles. The maximum Gasteiger partial charge on any atom is 0.225 e. The zero-order valence-corrected chi connectivity index (χ0v) is 8.70. The first kappa shape index (κ1) is 11.4. The number of carbonyl (C=O) groups excluding carboxylic acids is 2. The van der Waals surface area contributed by atoms with Crippen molar-refractivity contribution < 1.29 is 9.59 Å². The highest BCUT2D eigenvalue weighted by molar-refractivity contribution is 6.46. The molecule has 0 aromatic heterocycles. The largest absolute Gasteiger partial charge is 0.286 e. The van der Waals surface area contributed by atoms with E-state index in [1.807, 2.05) is 0 Å². The highest BCUT2D eigenvalue weighted by Gasteiger charge is 2.03. The van der Waals surface area contributed by atoms with Crippen LogP contribution in [0.25, 0.3) is 6.08 Å². The van der Waals surface area contributed by atoms with Crippen molar-refractivity contribution in [3.05, 3.63) is 53.6 Å². The van der Waals surface area contributed by atoms with Crippen molar-refractivity contribution in [2.75, 3.05) is 0 Å². The van der Waals surface area contributed by atoms with Gasteiger partial charge in [-0.2, -0.15) is 0 Å². The van der Waals surface area contributed by atoms with E-state index in [-0.39, 0.29) is 0 Å². The smallest absolute Gasteiger partial charge is 0.225 e. The Bertz CT molecular complexity index is 416. The number of ketones is 2. The van der Waals surface area contributed by atoms with Gasteiger partial charge in [-0.1, -0.05) is 36.4 Å². The lowest BCUT2D eigenvalue weighted by atomic mass is 10.1. The summed E-state index contributed by atoms with van der Waals surface area (Å²) in [7, 11) is 0. The van der Waals surface area contributed by atoms with Crippen molar-refractivity contribution in [3.63, 3.8) is 0 Å². The third kappa shape index (κ3) is 3.52. The average molecular weight is 221 g/mol. The lowest BCUT2D eigenvalue weighted by molar-refractivity contribution is -0.130. The second-order valence-corrected chi connectivity index (χ2v) is 3.25. The molecular weight excluding hydrogens is 212 g/mol. The van der Waals surface area contributed by atoms with E-state index in [4.69, 9.17) is 11.6 Å². The highest BCUT2D eigenvalue weighted by atomic mass is 35.5. The second-order valence-electron chi connectivity index (χ2n) is 2.82. The van der Waals surface area contributed by atoms with E-state index in [1.54, 1.807) is 30.3 Å². The maximum absolute atomic E-state index is 11.1. The van der Waals surface area contributed by atoms with E-state index in [1.165, 1.54) is 6.08 Å². The van der Waals surface area contributed by atoms with Crippen LogP contribution in [0.1, 0.15) is 5.56 Å². The fourth-order valence-corrected chi connectivity index (χ4v) is 1.05. The van der Waals surface area contributed by atoms with Crippen molar-refractivity contribution in [1.29, 1.82) is 0 Å². The Hall–Kier alpha value is -1.67. The lowest BCUT2D eigenvalue weighted by Crippen LogP contribution is -2.05. The molecule has 1 aromatic carbocycles. The zero-order chi connectivity index (χ0) is 11.3. The Labute approximate surface area is 92.9 Å². The highest BCUT2D eigenvalue weighted by Crippen LogP contribution is 2.10. The van der Waals surface area contributed by atoms with Gasteiger partial charge in [0.15, 0.2) is 0 Å². The standard InChI is InChI=1S/C12H9ClO2/c1-2-11(14)12(15)8-5-9-3-6-10(13)7-4-9/h2-8H,1H2. The molecule has 2 nitrogen and oxygen atoms in total. The van der Waals surface area contributed by atoms with Crippen LogP contribution in [-0.2, 0) is 9.59 Å². The van der Waals surface area contributed by atoms with E-state index in [2.05, 4.69) is 6.58 Å². The van der Waals surface area contributed by atoms with Gasteiger partial charge in [-0.25, -0.2) is 0 Å². The number of benzene rings is 1. The molecule has 0 bridgehead atoms. The maximum atomic E-state index is 11.1. The van der Waals surface area contributed by atoms with E-state index >= 15 is 0 Å². The van der Waals surface area contributed by atoms with Gasteiger partial charge in [0, 0.05) is 5.02 Å². The quantitative estimate of drug-likeness (QED) is 0.578. The Balaban J connectivity index is 2.73. The fourth-order valence-electron chi connectivity index (χ4n) is 0.929. The molecule has 0 N–H and O–H groups in total. The van der Waals surface area contributed by atoms with Gasteiger partial charge in [-0.3, -0.25) is 9.59 Å². The third-order valence-corrected chi connectivity index (χ3v) is 1.98. The Morgan fingerprint density at radius 3 is 2.27 bits per heavy atom. The molecule has 0 atom stereocenters. The van der Waals surface area contributed by atoms with Crippen LogP contribution in [0.2, 0.25) is 5.02 Å². The number of allylic oxidation sites excluding steroid dienone is 2. The van der Waals surface area contributed by atoms with E-state index in [0.717, 1.165) is 11.6 Å². The molecule has 1 aromatic rings. The number of carbonyl (C=O) groups is 2. The Morgan fingerprint density at radius 2 is 1.73 bits per heavy atom. The van der Waals surface area contributed by atoms with Gasteiger partial charge in [-0.05, 0) is 29.8 Å². The van der Waals surface area contributed by atoms with Gasteiger partial charge in [0.05, 0.1) is 0 Å². The van der Waals surface area contributed by atoms with E-state index in [9.17, 15) is 9.59 Å². The molecule has 1 rings (SSSR count). The first-order valence-corrected chi connectivity index (χ1v) is 4.65. The third-order valence-electron chi connectivity index (χ3n) is 1.73. The number of halogens is 1. The van der Waals surface area contributed by atoms with Gasteiger partial charge in [0.25, 0.3) is 0 Å². The summed E-state index contributed by atoms with van der Waals surface area (Å²) in [5, 5.41) is 0.626. The van der Waals surface area contributed by atoms with Crippen LogP contribution in [0.3, 0.4) is 0 Å². The summed E-state index contributed by atoms with van der Waals surface area (Å²) in [5.74, 6) is -1.19. The molecule has 15 heavy (non-hydrogen) atoms. The van der Waals surface area contributed by atoms with Crippen LogP contribution >= 0.6 is 11.6 Å². The number of hydrogen-bond donors (Lipinski definition) is 0. The van der Waals surface area contributed by atoms with Crippen LogP contribution in [0.15, 0.2) is 43.0 Å². The second kappa shape index (κ2) is 5.27. The van der Waals surface area contributed by atoms with Crippen LogP contribution in [0.4, 0.5) is 0 Å². The van der Waals surface area contributed by atoms with Crippen LogP contribution < -0.4 is 0 Å². The predicted octanol–water partition coefficient (Wildman–Crippen LogP) is 2.68. The van der Waals surface area contributed by atoms with Crippen LogP contribution in [0, 0.1) is 0 Å². The summed E-state index contributed by atoms with van der Waals surface area (Å²) < 4.78 is 0. The predicted molar refractivity (Wildman–Crippen MR) is 60.7 cm³/mol. The molecule has 0 heterocycles. The lowest BCUT2D eigenvalue weighted by Gasteiger charge is -1.92.